The molecule has 5 aromatic rings. The van der Waals surface area contributed by atoms with E-state index in [4.69, 9.17) is 15.1 Å². The predicted molar refractivity (Wildman–Crippen MR) is 166 cm³/mol. The quantitative estimate of drug-likeness (QED) is 0.234. The van der Waals surface area contributed by atoms with Crippen molar-refractivity contribution in [1.29, 1.82) is 0 Å². The summed E-state index contributed by atoms with van der Waals surface area (Å²) < 4.78 is 1.97. The smallest absolute Gasteiger partial charge is 0.179 e. The van der Waals surface area contributed by atoms with Gasteiger partial charge in [0.25, 0.3) is 0 Å². The monoisotopic (exact) mass is 542 g/mol. The van der Waals surface area contributed by atoms with Crippen LogP contribution in [0.2, 0.25) is 0 Å². The van der Waals surface area contributed by atoms with Gasteiger partial charge < -0.3 is 10.2 Å². The van der Waals surface area contributed by atoms with Gasteiger partial charge in [0.15, 0.2) is 17.5 Å². The number of nitrogens with one attached hydrogen (secondary N) is 1. The van der Waals surface area contributed by atoms with Crippen molar-refractivity contribution < 1.29 is 0 Å². The van der Waals surface area contributed by atoms with Crippen LogP contribution in [-0.2, 0) is 6.42 Å². The topological polar surface area (TPSA) is 57.8 Å². The second-order valence-electron chi connectivity index (χ2n) is 10.2. The highest BCUT2D eigenvalue weighted by atomic mass is 32.1. The molecule has 1 atom stereocenters. The maximum atomic E-state index is 5.31. The van der Waals surface area contributed by atoms with E-state index >= 15 is 0 Å². The van der Waals surface area contributed by atoms with Gasteiger partial charge in [-0.25, -0.2) is 14.7 Å². The summed E-state index contributed by atoms with van der Waals surface area (Å²) in [6.07, 6.45) is 3.49. The number of nitrogens with zero attached hydrogens (tertiary/aromatic N) is 5. The van der Waals surface area contributed by atoms with E-state index in [1.165, 1.54) is 23.3 Å². The van der Waals surface area contributed by atoms with Crippen LogP contribution in [0, 0.1) is 6.92 Å². The van der Waals surface area contributed by atoms with Crippen LogP contribution < -0.4 is 10.2 Å². The molecule has 198 valence electrons. The predicted octanol–water partition coefficient (Wildman–Crippen LogP) is 8.38. The standard InChI is InChI=1S/C33H30N6S/c1-3-4-11-23-17-19-24(20-18-23)34-31-33-36-32-29(22(2)37-39(32)25-12-6-5-7-13-25)30(28-16-10-21-40-28)38(33)27-15-9-8-14-26(27)35-31/h5-10,12-21,30H,3-4,11H2,1-2H3,(H,34,35)/t30-/m1/s1. The molecule has 3 aromatic carbocycles. The van der Waals surface area contributed by atoms with E-state index in [-0.39, 0.29) is 6.04 Å². The van der Waals surface area contributed by atoms with E-state index in [0.717, 1.165) is 57.9 Å². The molecule has 0 bridgehead atoms. The number of thiophene rings is 1. The van der Waals surface area contributed by atoms with Crippen LogP contribution in [0.5, 0.6) is 0 Å². The molecule has 7 heteroatoms. The molecule has 0 saturated heterocycles. The molecule has 0 unspecified atom stereocenters. The molecule has 0 saturated carbocycles. The zero-order valence-electron chi connectivity index (χ0n) is 22.6. The lowest BCUT2D eigenvalue weighted by molar-refractivity contribution is 0.795. The van der Waals surface area contributed by atoms with Gasteiger partial charge in [-0.2, -0.15) is 5.10 Å². The molecule has 0 fully saturated rings. The van der Waals surface area contributed by atoms with Crippen LogP contribution in [0.1, 0.15) is 47.5 Å². The Morgan fingerprint density at radius 3 is 2.45 bits per heavy atom. The van der Waals surface area contributed by atoms with Gasteiger partial charge in [-0.05, 0) is 73.2 Å². The number of para-hydroxylation sites is 3. The molecular formula is C33H30N6S. The number of fused-ring (bicyclic) bond motifs is 4. The number of unbranched alkanes of at least 4 members (excludes halogenated alkanes) is 1. The van der Waals surface area contributed by atoms with E-state index in [2.05, 4.69) is 96.2 Å². The maximum absolute atomic E-state index is 5.31. The Labute approximate surface area is 238 Å². The Morgan fingerprint density at radius 1 is 0.875 bits per heavy atom. The molecule has 2 aliphatic heterocycles. The summed E-state index contributed by atoms with van der Waals surface area (Å²) in [5.74, 6) is 2.36. The second kappa shape index (κ2) is 10.2. The zero-order valence-corrected chi connectivity index (χ0v) is 23.4. The number of anilines is 2. The number of hydrogen-bond donors (Lipinski definition) is 1. The Bertz CT molecular complexity index is 1710. The minimum absolute atomic E-state index is 0.0789. The van der Waals surface area contributed by atoms with Gasteiger partial charge in [0.2, 0.25) is 0 Å². The number of aliphatic imine (C=N–C) groups is 2. The largest absolute Gasteiger partial charge is 0.337 e. The van der Waals surface area contributed by atoms with Gasteiger partial charge in [0.1, 0.15) is 6.04 Å². The Hall–Kier alpha value is -4.49. The van der Waals surface area contributed by atoms with Gasteiger partial charge in [0, 0.05) is 16.1 Å². The number of hydrogen-bond acceptors (Lipinski definition) is 6. The third kappa shape index (κ3) is 4.23. The van der Waals surface area contributed by atoms with Crippen molar-refractivity contribution in [3.63, 3.8) is 0 Å². The van der Waals surface area contributed by atoms with Crippen LogP contribution in [0.25, 0.3) is 5.69 Å². The fourth-order valence-electron chi connectivity index (χ4n) is 5.54. The minimum atomic E-state index is -0.0789. The summed E-state index contributed by atoms with van der Waals surface area (Å²) in [6.45, 7) is 4.31. The van der Waals surface area contributed by atoms with Crippen LogP contribution in [0.3, 0.4) is 0 Å². The normalized spacial score (nSPS) is 15.6. The molecule has 4 heterocycles. The molecule has 2 aliphatic rings. The molecule has 0 aliphatic carbocycles. The Kier molecular flexibility index (Phi) is 6.28. The summed E-state index contributed by atoms with van der Waals surface area (Å²) in [6, 6.07) is 31.5. The molecule has 6 nitrogen and oxygen atoms in total. The first kappa shape index (κ1) is 24.5. The SMILES string of the molecule is CCCCc1ccc(NC2=Nc3ccccc3N3C2=Nc2c(c(C)nn2-c2ccccc2)[C@H]3c2cccs2)cc1. The first-order valence-corrected chi connectivity index (χ1v) is 14.7. The molecular weight excluding hydrogens is 512 g/mol. The van der Waals surface area contributed by atoms with Gasteiger partial charge in [0.05, 0.1) is 22.8 Å². The van der Waals surface area contributed by atoms with E-state index in [0.29, 0.717) is 0 Å². The first-order chi connectivity index (χ1) is 19.7. The van der Waals surface area contributed by atoms with Gasteiger partial charge in [-0.15, -0.1) is 11.3 Å². The molecule has 0 amide bonds. The minimum Gasteiger partial charge on any atom is -0.337 e. The van der Waals surface area contributed by atoms with E-state index in [1.54, 1.807) is 11.3 Å². The van der Waals surface area contributed by atoms with Crippen molar-refractivity contribution in [2.24, 2.45) is 9.98 Å². The van der Waals surface area contributed by atoms with Crippen LogP contribution >= 0.6 is 11.3 Å². The molecule has 0 spiro atoms. The number of rotatable bonds is 6. The van der Waals surface area contributed by atoms with Crippen LogP contribution in [0.15, 0.2) is 106 Å². The summed E-state index contributed by atoms with van der Waals surface area (Å²) >= 11 is 1.76. The third-order valence-electron chi connectivity index (χ3n) is 7.49. The lowest BCUT2D eigenvalue weighted by Gasteiger charge is -2.40. The molecule has 7 rings (SSSR count). The van der Waals surface area contributed by atoms with Crippen molar-refractivity contribution in [3.05, 3.63) is 118 Å². The maximum Gasteiger partial charge on any atom is 0.179 e. The van der Waals surface area contributed by atoms with E-state index in [1.807, 2.05) is 28.9 Å². The fraction of sp³-hybridized carbons (Fsp3) is 0.182. The van der Waals surface area contributed by atoms with Gasteiger partial charge >= 0.3 is 0 Å². The molecule has 40 heavy (non-hydrogen) atoms. The summed E-state index contributed by atoms with van der Waals surface area (Å²) in [7, 11) is 0. The van der Waals surface area contributed by atoms with Crippen molar-refractivity contribution in [2.45, 2.75) is 39.2 Å². The number of aromatic nitrogens is 2. The summed E-state index contributed by atoms with van der Waals surface area (Å²) in [5, 5.41) is 10.8. The average molecular weight is 543 g/mol. The van der Waals surface area contributed by atoms with Crippen molar-refractivity contribution in [1.82, 2.24) is 9.78 Å². The molecule has 1 N–H and O–H groups in total. The van der Waals surface area contributed by atoms with Crippen molar-refractivity contribution >= 4 is 45.9 Å². The molecule has 0 radical (unpaired) electrons. The van der Waals surface area contributed by atoms with E-state index < -0.39 is 0 Å². The first-order valence-electron chi connectivity index (χ1n) is 13.8. The summed E-state index contributed by atoms with van der Waals surface area (Å²) in [5.41, 5.74) is 7.37. The van der Waals surface area contributed by atoms with Crippen molar-refractivity contribution in [3.8, 4) is 5.69 Å². The summed E-state index contributed by atoms with van der Waals surface area (Å²) in [4.78, 5) is 14.0. The molecule has 2 aromatic heterocycles. The van der Waals surface area contributed by atoms with E-state index in [9.17, 15) is 0 Å². The van der Waals surface area contributed by atoms with Crippen LogP contribution in [-0.4, -0.2) is 21.5 Å². The third-order valence-corrected chi connectivity index (χ3v) is 8.41. The number of aryl methyl sites for hydroxylation is 2. The highest BCUT2D eigenvalue weighted by Gasteiger charge is 2.41. The number of amidine groups is 2. The Morgan fingerprint density at radius 2 is 1.68 bits per heavy atom. The van der Waals surface area contributed by atoms with Crippen molar-refractivity contribution in [2.75, 3.05) is 10.2 Å². The van der Waals surface area contributed by atoms with Gasteiger partial charge in [-0.3, -0.25) is 0 Å². The highest BCUT2D eigenvalue weighted by Crippen LogP contribution is 2.49. The fourth-order valence-corrected chi connectivity index (χ4v) is 6.36. The lowest BCUT2D eigenvalue weighted by atomic mass is 9.98. The lowest BCUT2D eigenvalue weighted by Crippen LogP contribution is -2.46. The number of benzene rings is 3. The van der Waals surface area contributed by atoms with Crippen LogP contribution in [0.4, 0.5) is 22.9 Å². The highest BCUT2D eigenvalue weighted by molar-refractivity contribution is 7.10. The zero-order chi connectivity index (χ0) is 27.1. The van der Waals surface area contributed by atoms with Gasteiger partial charge in [-0.1, -0.05) is 61.9 Å². The Balaban J connectivity index is 1.40. The second-order valence-corrected chi connectivity index (χ2v) is 11.1. The average Bonchev–Trinajstić information content (AvgIpc) is 3.65.